The molecule has 0 spiro atoms. The highest BCUT2D eigenvalue weighted by Crippen LogP contribution is 2.46. The first-order valence-electron chi connectivity index (χ1n) is 6.36. The predicted molar refractivity (Wildman–Crippen MR) is 57.9 cm³/mol. The zero-order chi connectivity index (χ0) is 11.8. The SMILES string of the molecule is O=C1C2CC2C(=O)N1CCOC1CCCCO1. The van der Waals surface area contributed by atoms with Crippen molar-refractivity contribution in [1.82, 2.24) is 4.90 Å². The van der Waals surface area contributed by atoms with Crippen LogP contribution in [0.1, 0.15) is 25.7 Å². The van der Waals surface area contributed by atoms with Crippen LogP contribution in [-0.2, 0) is 19.1 Å². The summed E-state index contributed by atoms with van der Waals surface area (Å²) in [5.41, 5.74) is 0. The van der Waals surface area contributed by atoms with Gasteiger partial charge in [0.2, 0.25) is 11.8 Å². The van der Waals surface area contributed by atoms with Crippen LogP contribution < -0.4 is 0 Å². The van der Waals surface area contributed by atoms with Crippen molar-refractivity contribution in [3.8, 4) is 0 Å². The average molecular weight is 239 g/mol. The third kappa shape index (κ3) is 2.09. The van der Waals surface area contributed by atoms with Crippen molar-refractivity contribution in [1.29, 1.82) is 0 Å². The largest absolute Gasteiger partial charge is 0.353 e. The summed E-state index contributed by atoms with van der Waals surface area (Å²) in [4.78, 5) is 24.7. The van der Waals surface area contributed by atoms with Gasteiger partial charge >= 0.3 is 0 Å². The Hall–Kier alpha value is -0.940. The van der Waals surface area contributed by atoms with E-state index >= 15 is 0 Å². The van der Waals surface area contributed by atoms with Crippen molar-refractivity contribution in [3.05, 3.63) is 0 Å². The number of likely N-dealkylation sites (tertiary alicyclic amines) is 1. The van der Waals surface area contributed by atoms with E-state index in [2.05, 4.69) is 0 Å². The summed E-state index contributed by atoms with van der Waals surface area (Å²) in [6, 6.07) is 0. The molecular formula is C12H17NO4. The summed E-state index contributed by atoms with van der Waals surface area (Å²) in [7, 11) is 0. The second-order valence-corrected chi connectivity index (χ2v) is 4.94. The Labute approximate surface area is 100 Å². The van der Waals surface area contributed by atoms with E-state index < -0.39 is 0 Å². The van der Waals surface area contributed by atoms with Gasteiger partial charge in [-0.15, -0.1) is 0 Å². The number of ether oxygens (including phenoxy) is 2. The average Bonchev–Trinajstić information content (AvgIpc) is 3.10. The van der Waals surface area contributed by atoms with Crippen molar-refractivity contribution in [2.24, 2.45) is 11.8 Å². The number of imide groups is 1. The molecule has 2 saturated heterocycles. The molecular weight excluding hydrogens is 222 g/mol. The number of carbonyl (C=O) groups excluding carboxylic acids is 2. The summed E-state index contributed by atoms with van der Waals surface area (Å²) >= 11 is 0. The molecule has 0 aromatic rings. The van der Waals surface area contributed by atoms with Gasteiger partial charge in [-0.05, 0) is 25.7 Å². The Morgan fingerprint density at radius 1 is 1.24 bits per heavy atom. The van der Waals surface area contributed by atoms with E-state index in [-0.39, 0.29) is 29.9 Å². The lowest BCUT2D eigenvalue weighted by molar-refractivity contribution is -0.167. The molecule has 1 aliphatic carbocycles. The lowest BCUT2D eigenvalue weighted by Gasteiger charge is -2.24. The highest BCUT2D eigenvalue weighted by Gasteiger charge is 2.58. The summed E-state index contributed by atoms with van der Waals surface area (Å²) in [5, 5.41) is 0. The Morgan fingerprint density at radius 2 is 2.00 bits per heavy atom. The fourth-order valence-corrected chi connectivity index (χ4v) is 2.59. The third-order valence-corrected chi connectivity index (χ3v) is 3.71. The highest BCUT2D eigenvalue weighted by molar-refractivity contribution is 6.08. The van der Waals surface area contributed by atoms with Gasteiger partial charge in [0.15, 0.2) is 6.29 Å². The molecule has 2 heterocycles. The molecule has 5 nitrogen and oxygen atoms in total. The molecule has 0 aromatic carbocycles. The first-order valence-corrected chi connectivity index (χ1v) is 6.36. The lowest BCUT2D eigenvalue weighted by atomic mass is 10.2. The van der Waals surface area contributed by atoms with Crippen LogP contribution in [0.4, 0.5) is 0 Å². The minimum absolute atomic E-state index is 0.00608. The Morgan fingerprint density at radius 3 is 2.65 bits per heavy atom. The van der Waals surface area contributed by atoms with Crippen LogP contribution in [0.25, 0.3) is 0 Å². The molecule has 3 aliphatic rings. The Balaban J connectivity index is 1.42. The molecule has 3 unspecified atom stereocenters. The summed E-state index contributed by atoms with van der Waals surface area (Å²) in [5.74, 6) is -0.0248. The Kier molecular flexibility index (Phi) is 2.88. The molecule has 1 saturated carbocycles. The van der Waals surface area contributed by atoms with Gasteiger partial charge in [0.25, 0.3) is 0 Å². The number of carbonyl (C=O) groups is 2. The predicted octanol–water partition coefficient (Wildman–Crippen LogP) is 0.534. The number of rotatable bonds is 4. The molecule has 0 N–H and O–H groups in total. The second-order valence-electron chi connectivity index (χ2n) is 4.94. The van der Waals surface area contributed by atoms with Gasteiger partial charge < -0.3 is 9.47 Å². The van der Waals surface area contributed by atoms with Gasteiger partial charge in [-0.25, -0.2) is 0 Å². The molecule has 5 heteroatoms. The fraction of sp³-hybridized carbons (Fsp3) is 0.833. The smallest absolute Gasteiger partial charge is 0.233 e. The maximum Gasteiger partial charge on any atom is 0.233 e. The number of hydrogen-bond acceptors (Lipinski definition) is 4. The normalized spacial score (nSPS) is 36.2. The van der Waals surface area contributed by atoms with Gasteiger partial charge in [-0.2, -0.15) is 0 Å². The summed E-state index contributed by atoms with van der Waals surface area (Å²) in [6.07, 6.45) is 3.74. The van der Waals surface area contributed by atoms with E-state index in [1.54, 1.807) is 0 Å². The zero-order valence-electron chi connectivity index (χ0n) is 9.76. The van der Waals surface area contributed by atoms with E-state index in [0.29, 0.717) is 13.2 Å². The van der Waals surface area contributed by atoms with Crippen molar-refractivity contribution in [2.45, 2.75) is 32.0 Å². The lowest BCUT2D eigenvalue weighted by Crippen LogP contribution is -2.37. The molecule has 2 amide bonds. The van der Waals surface area contributed by atoms with Crippen LogP contribution in [0.2, 0.25) is 0 Å². The molecule has 0 aromatic heterocycles. The molecule has 3 fully saturated rings. The second kappa shape index (κ2) is 4.38. The van der Waals surface area contributed by atoms with E-state index in [1.165, 1.54) is 4.90 Å². The van der Waals surface area contributed by atoms with Crippen LogP contribution in [0, 0.1) is 11.8 Å². The standard InChI is InChI=1S/C12H17NO4/c14-11-8-7-9(8)12(15)13(11)4-6-17-10-3-1-2-5-16-10/h8-10H,1-7H2. The van der Waals surface area contributed by atoms with Crippen LogP contribution in [0.5, 0.6) is 0 Å². The topological polar surface area (TPSA) is 55.8 Å². The fourth-order valence-electron chi connectivity index (χ4n) is 2.59. The molecule has 0 bridgehead atoms. The van der Waals surface area contributed by atoms with E-state index in [9.17, 15) is 9.59 Å². The van der Waals surface area contributed by atoms with E-state index in [0.717, 1.165) is 32.3 Å². The number of piperidine rings is 1. The van der Waals surface area contributed by atoms with Gasteiger partial charge in [0.1, 0.15) is 0 Å². The van der Waals surface area contributed by atoms with Crippen molar-refractivity contribution in [2.75, 3.05) is 19.8 Å². The molecule has 3 rings (SSSR count). The van der Waals surface area contributed by atoms with Crippen LogP contribution in [0.15, 0.2) is 0 Å². The van der Waals surface area contributed by atoms with Gasteiger partial charge in [0.05, 0.1) is 25.0 Å². The summed E-state index contributed by atoms with van der Waals surface area (Å²) < 4.78 is 10.9. The number of nitrogens with zero attached hydrogens (tertiary/aromatic N) is 1. The molecule has 3 atom stereocenters. The number of fused-ring (bicyclic) bond motifs is 1. The zero-order valence-corrected chi connectivity index (χ0v) is 9.76. The third-order valence-electron chi connectivity index (χ3n) is 3.71. The van der Waals surface area contributed by atoms with E-state index in [4.69, 9.17) is 9.47 Å². The first kappa shape index (κ1) is 11.2. The highest BCUT2D eigenvalue weighted by atomic mass is 16.7. The minimum Gasteiger partial charge on any atom is -0.353 e. The molecule has 0 radical (unpaired) electrons. The van der Waals surface area contributed by atoms with Crippen molar-refractivity contribution >= 4 is 11.8 Å². The first-order chi connectivity index (χ1) is 8.27. The molecule has 94 valence electrons. The molecule has 2 aliphatic heterocycles. The van der Waals surface area contributed by atoms with Crippen LogP contribution in [-0.4, -0.2) is 42.8 Å². The maximum absolute atomic E-state index is 11.7. The number of amides is 2. The van der Waals surface area contributed by atoms with Crippen LogP contribution >= 0.6 is 0 Å². The monoisotopic (exact) mass is 239 g/mol. The number of hydrogen-bond donors (Lipinski definition) is 0. The Bertz CT molecular complexity index is 317. The molecule has 17 heavy (non-hydrogen) atoms. The van der Waals surface area contributed by atoms with Crippen LogP contribution in [0.3, 0.4) is 0 Å². The maximum atomic E-state index is 11.7. The van der Waals surface area contributed by atoms with Crippen molar-refractivity contribution < 1.29 is 19.1 Å². The minimum atomic E-state index is -0.147. The quantitative estimate of drug-likeness (QED) is 0.672. The summed E-state index contributed by atoms with van der Waals surface area (Å²) in [6.45, 7) is 1.52. The van der Waals surface area contributed by atoms with Gasteiger partial charge in [-0.1, -0.05) is 0 Å². The van der Waals surface area contributed by atoms with Gasteiger partial charge in [-0.3, -0.25) is 14.5 Å². The van der Waals surface area contributed by atoms with Crippen molar-refractivity contribution in [3.63, 3.8) is 0 Å². The van der Waals surface area contributed by atoms with Gasteiger partial charge in [0, 0.05) is 6.61 Å². The van der Waals surface area contributed by atoms with E-state index in [1.807, 2.05) is 0 Å².